The summed E-state index contributed by atoms with van der Waals surface area (Å²) in [6.45, 7) is -0.455. The largest absolute Gasteiger partial charge is 0.452 e. The molecule has 0 atom stereocenters. The zero-order valence-corrected chi connectivity index (χ0v) is 18.6. The van der Waals surface area contributed by atoms with Crippen molar-refractivity contribution in [2.75, 3.05) is 11.9 Å². The summed E-state index contributed by atoms with van der Waals surface area (Å²) in [5.41, 5.74) is 2.56. The van der Waals surface area contributed by atoms with Crippen molar-refractivity contribution in [3.05, 3.63) is 102 Å². The van der Waals surface area contributed by atoms with Crippen LogP contribution in [-0.4, -0.2) is 28.5 Å². The van der Waals surface area contributed by atoms with Crippen LogP contribution in [0.1, 0.15) is 10.4 Å². The van der Waals surface area contributed by atoms with Crippen molar-refractivity contribution >= 4 is 51.0 Å². The topological polar surface area (TPSA) is 81.2 Å². The third kappa shape index (κ3) is 4.44. The Morgan fingerprint density at radius 2 is 1.65 bits per heavy atom. The minimum Gasteiger partial charge on any atom is -0.452 e. The van der Waals surface area contributed by atoms with E-state index in [1.165, 1.54) is 6.20 Å². The normalized spacial score (nSPS) is 10.9. The highest BCUT2D eigenvalue weighted by atomic mass is 35.5. The zero-order valence-electron chi connectivity index (χ0n) is 17.9. The molecule has 0 aliphatic heterocycles. The van der Waals surface area contributed by atoms with Crippen molar-refractivity contribution in [2.24, 2.45) is 0 Å². The third-order valence-electron chi connectivity index (χ3n) is 5.33. The molecule has 1 amide bonds. The van der Waals surface area contributed by atoms with E-state index in [0.717, 1.165) is 16.3 Å². The predicted molar refractivity (Wildman–Crippen MR) is 133 cm³/mol. The van der Waals surface area contributed by atoms with E-state index < -0.39 is 18.5 Å². The first-order valence-electron chi connectivity index (χ1n) is 10.5. The van der Waals surface area contributed by atoms with Gasteiger partial charge in [0, 0.05) is 17.1 Å². The maximum atomic E-state index is 13.0. The molecule has 7 heteroatoms. The Hall–Kier alpha value is -4.29. The molecule has 0 unspecified atom stereocenters. The van der Waals surface area contributed by atoms with Gasteiger partial charge in [-0.15, -0.1) is 0 Å². The van der Waals surface area contributed by atoms with E-state index in [4.69, 9.17) is 21.3 Å². The van der Waals surface area contributed by atoms with Crippen molar-refractivity contribution in [1.29, 1.82) is 0 Å². The minimum absolute atomic E-state index is 0.318. The number of halogens is 1. The van der Waals surface area contributed by atoms with Gasteiger partial charge in [-0.05, 0) is 35.0 Å². The molecular weight excluding hydrogens is 450 g/mol. The molecule has 1 N–H and O–H groups in total. The van der Waals surface area contributed by atoms with Crippen molar-refractivity contribution in [2.45, 2.75) is 0 Å². The van der Waals surface area contributed by atoms with Crippen molar-refractivity contribution in [3.63, 3.8) is 0 Å². The van der Waals surface area contributed by atoms with Gasteiger partial charge in [-0.25, -0.2) is 14.8 Å². The number of fused-ring (bicyclic) bond motifs is 2. The minimum atomic E-state index is -0.612. The SMILES string of the molecule is O=C(COC(=O)c1cc(-c2cccc3ccccc23)nc2ccccc12)Nc1ccc(Cl)cn1. The first kappa shape index (κ1) is 21.6. The van der Waals surface area contributed by atoms with E-state index in [-0.39, 0.29) is 0 Å². The number of carbonyl (C=O) groups excluding carboxylic acids is 2. The Morgan fingerprint density at radius 3 is 2.47 bits per heavy atom. The molecule has 0 bridgehead atoms. The molecule has 6 nitrogen and oxygen atoms in total. The quantitative estimate of drug-likeness (QED) is 0.325. The van der Waals surface area contributed by atoms with Gasteiger partial charge < -0.3 is 10.1 Å². The smallest absolute Gasteiger partial charge is 0.339 e. The molecule has 166 valence electrons. The lowest BCUT2D eigenvalue weighted by Crippen LogP contribution is -2.21. The number of nitrogens with zero attached hydrogens (tertiary/aromatic N) is 2. The molecule has 0 saturated carbocycles. The molecule has 0 radical (unpaired) electrons. The van der Waals surface area contributed by atoms with Gasteiger partial charge in [-0.2, -0.15) is 0 Å². The van der Waals surface area contributed by atoms with E-state index in [1.807, 2.05) is 66.7 Å². The number of hydrogen-bond donors (Lipinski definition) is 1. The first-order chi connectivity index (χ1) is 16.6. The molecule has 5 rings (SSSR count). The number of carbonyl (C=O) groups is 2. The van der Waals surface area contributed by atoms with E-state index in [2.05, 4.69) is 10.3 Å². The third-order valence-corrected chi connectivity index (χ3v) is 5.55. The van der Waals surface area contributed by atoms with Crippen LogP contribution in [0.3, 0.4) is 0 Å². The number of benzene rings is 3. The highest BCUT2D eigenvalue weighted by Gasteiger charge is 2.17. The van der Waals surface area contributed by atoms with Crippen molar-refractivity contribution < 1.29 is 14.3 Å². The second kappa shape index (κ2) is 9.29. The van der Waals surface area contributed by atoms with E-state index in [1.54, 1.807) is 18.2 Å². The Balaban J connectivity index is 1.45. The Morgan fingerprint density at radius 1 is 0.882 bits per heavy atom. The van der Waals surface area contributed by atoms with Crippen LogP contribution in [0.2, 0.25) is 5.02 Å². The van der Waals surface area contributed by atoms with Crippen molar-refractivity contribution in [1.82, 2.24) is 9.97 Å². The number of ether oxygens (including phenoxy) is 1. The molecule has 2 aromatic heterocycles. The van der Waals surface area contributed by atoms with E-state index in [9.17, 15) is 9.59 Å². The number of para-hydroxylation sites is 1. The molecular formula is C27H18ClN3O3. The van der Waals surface area contributed by atoms with Crippen LogP contribution >= 0.6 is 11.6 Å². The second-order valence-corrected chi connectivity index (χ2v) is 8.02. The van der Waals surface area contributed by atoms with E-state index in [0.29, 0.717) is 33.0 Å². The lowest BCUT2D eigenvalue weighted by Gasteiger charge is -2.12. The number of esters is 1. The molecule has 0 aliphatic rings. The Kier molecular flexibility index (Phi) is 5.89. The van der Waals surface area contributed by atoms with Crippen LogP contribution in [0.5, 0.6) is 0 Å². The summed E-state index contributed by atoms with van der Waals surface area (Å²) in [6.07, 6.45) is 1.42. The van der Waals surface area contributed by atoms with Gasteiger partial charge in [-0.1, -0.05) is 72.3 Å². The van der Waals surface area contributed by atoms with Crippen molar-refractivity contribution in [3.8, 4) is 11.3 Å². The Bertz CT molecular complexity index is 1530. The van der Waals surface area contributed by atoms with Crippen LogP contribution in [-0.2, 0) is 9.53 Å². The number of amides is 1. The number of rotatable bonds is 5. The van der Waals surface area contributed by atoms with Gasteiger partial charge in [0.15, 0.2) is 6.61 Å². The lowest BCUT2D eigenvalue weighted by molar-refractivity contribution is -0.119. The molecule has 0 aliphatic carbocycles. The van der Waals surface area contributed by atoms with Gasteiger partial charge in [-0.3, -0.25) is 4.79 Å². The summed E-state index contributed by atoms with van der Waals surface area (Å²) in [6, 6.07) is 26.2. The van der Waals surface area contributed by atoms with Gasteiger partial charge in [0.25, 0.3) is 5.91 Å². The number of pyridine rings is 2. The number of aromatic nitrogens is 2. The predicted octanol–water partition coefficient (Wildman–Crippen LogP) is 5.90. The van der Waals surface area contributed by atoms with Crippen LogP contribution in [0.25, 0.3) is 32.9 Å². The summed E-state index contributed by atoms with van der Waals surface area (Å²) in [5, 5.41) is 5.78. The molecule has 2 heterocycles. The molecule has 5 aromatic rings. The highest BCUT2D eigenvalue weighted by molar-refractivity contribution is 6.30. The number of hydrogen-bond acceptors (Lipinski definition) is 5. The van der Waals surface area contributed by atoms with Crippen LogP contribution in [0.4, 0.5) is 5.82 Å². The fourth-order valence-corrected chi connectivity index (χ4v) is 3.88. The number of nitrogens with one attached hydrogen (secondary N) is 1. The zero-order chi connectivity index (χ0) is 23.5. The van der Waals surface area contributed by atoms with E-state index >= 15 is 0 Å². The van der Waals surface area contributed by atoms with Gasteiger partial charge in [0.05, 0.1) is 21.8 Å². The first-order valence-corrected chi connectivity index (χ1v) is 10.9. The maximum Gasteiger partial charge on any atom is 0.339 e. The average molecular weight is 468 g/mol. The molecule has 0 fully saturated rings. The van der Waals surface area contributed by atoms with Crippen LogP contribution in [0, 0.1) is 0 Å². The standard InChI is InChI=1S/C27H18ClN3O3/c28-18-12-13-25(29-15-18)31-26(32)16-34-27(33)22-14-24(30-23-11-4-3-9-21(22)23)20-10-5-7-17-6-1-2-8-19(17)20/h1-15H,16H2,(H,29,31,32). The van der Waals surface area contributed by atoms with Crippen LogP contribution in [0.15, 0.2) is 91.1 Å². The summed E-state index contributed by atoms with van der Waals surface area (Å²) < 4.78 is 5.34. The van der Waals surface area contributed by atoms with Gasteiger partial charge >= 0.3 is 5.97 Å². The fraction of sp³-hybridized carbons (Fsp3) is 0.0370. The summed E-state index contributed by atoms with van der Waals surface area (Å²) in [7, 11) is 0. The molecule has 34 heavy (non-hydrogen) atoms. The average Bonchev–Trinajstić information content (AvgIpc) is 2.87. The highest BCUT2D eigenvalue weighted by Crippen LogP contribution is 2.30. The second-order valence-electron chi connectivity index (χ2n) is 7.58. The molecule has 0 spiro atoms. The van der Waals surface area contributed by atoms with Gasteiger partial charge in [0.2, 0.25) is 0 Å². The van der Waals surface area contributed by atoms with Crippen LogP contribution < -0.4 is 5.32 Å². The summed E-state index contributed by atoms with van der Waals surface area (Å²) >= 11 is 5.81. The lowest BCUT2D eigenvalue weighted by atomic mass is 9.99. The molecule has 0 saturated heterocycles. The van der Waals surface area contributed by atoms with Gasteiger partial charge in [0.1, 0.15) is 5.82 Å². The molecule has 3 aromatic carbocycles. The summed E-state index contributed by atoms with van der Waals surface area (Å²) in [5.74, 6) is -0.798. The Labute approximate surface area is 200 Å². The summed E-state index contributed by atoms with van der Waals surface area (Å²) in [4.78, 5) is 34.1. The fourth-order valence-electron chi connectivity index (χ4n) is 3.77. The maximum absolute atomic E-state index is 13.0. The monoisotopic (exact) mass is 467 g/mol. The number of anilines is 1.